The number of carbonyl (C=O) groups is 3. The molecule has 1 atom stereocenters. The molecule has 0 aliphatic carbocycles. The minimum Gasteiger partial charge on any atom is -0.492 e. The van der Waals surface area contributed by atoms with Crippen molar-refractivity contribution in [1.82, 2.24) is 5.32 Å². The zero-order valence-corrected chi connectivity index (χ0v) is 16.2. The van der Waals surface area contributed by atoms with Crippen LogP contribution in [-0.4, -0.2) is 30.9 Å². The molecule has 1 amide bonds. The highest BCUT2D eigenvalue weighted by Crippen LogP contribution is 2.30. The summed E-state index contributed by atoms with van der Waals surface area (Å²) in [6, 6.07) is 8.71. The number of halogens is 1. The smallest absolute Gasteiger partial charge is 0.313 e. The van der Waals surface area contributed by atoms with Crippen molar-refractivity contribution in [2.24, 2.45) is 5.92 Å². The van der Waals surface area contributed by atoms with Crippen molar-refractivity contribution >= 4 is 40.6 Å². The summed E-state index contributed by atoms with van der Waals surface area (Å²) in [6.45, 7) is 1.69. The van der Waals surface area contributed by atoms with Gasteiger partial charge in [0.25, 0.3) is 0 Å². The Labute approximate surface area is 165 Å². The molecule has 142 valence electrons. The Kier molecular flexibility index (Phi) is 6.13. The minimum absolute atomic E-state index is 0.136. The third kappa shape index (κ3) is 5.08. The predicted molar refractivity (Wildman–Crippen MR) is 101 cm³/mol. The fourth-order valence-corrected chi connectivity index (χ4v) is 3.74. The van der Waals surface area contributed by atoms with E-state index in [9.17, 15) is 14.4 Å². The van der Waals surface area contributed by atoms with Crippen LogP contribution in [0.4, 0.5) is 0 Å². The molecule has 0 spiro atoms. The number of carbonyl (C=O) groups excluding carboxylic acids is 3. The van der Waals surface area contributed by atoms with Gasteiger partial charge in [-0.15, -0.1) is 11.3 Å². The molecule has 0 fully saturated rings. The second-order valence-corrected chi connectivity index (χ2v) is 7.78. The first-order valence-corrected chi connectivity index (χ1v) is 9.56. The highest BCUT2D eigenvalue weighted by Gasteiger charge is 2.28. The van der Waals surface area contributed by atoms with Gasteiger partial charge in [-0.25, -0.2) is 0 Å². The summed E-state index contributed by atoms with van der Waals surface area (Å²) in [7, 11) is 0. The number of ether oxygens (including phenoxy) is 2. The van der Waals surface area contributed by atoms with Crippen molar-refractivity contribution in [3.8, 4) is 5.75 Å². The van der Waals surface area contributed by atoms with Crippen LogP contribution < -0.4 is 10.1 Å². The van der Waals surface area contributed by atoms with E-state index < -0.39 is 11.9 Å². The Morgan fingerprint density at radius 3 is 2.89 bits per heavy atom. The van der Waals surface area contributed by atoms with Gasteiger partial charge < -0.3 is 14.8 Å². The quantitative estimate of drug-likeness (QED) is 0.588. The molecule has 0 unspecified atom stereocenters. The normalized spacial score (nSPS) is 15.4. The van der Waals surface area contributed by atoms with Crippen LogP contribution in [0.2, 0.25) is 5.02 Å². The third-order valence-electron chi connectivity index (χ3n) is 4.06. The fraction of sp³-hybridized carbons (Fsp3) is 0.316. The summed E-state index contributed by atoms with van der Waals surface area (Å²) in [5, 5.41) is 3.25. The standard InChI is InChI=1S/C19H18ClNO5S/c1-11(22)21-8-15-3-5-18(27-15)16(23)10-26-19(24)13-6-12-7-14(20)2-4-17(12)25-9-13/h2-5,7,13H,6,8-10H2,1H3,(H,21,22)/t13-/m1/s1. The molecule has 8 heteroatoms. The highest BCUT2D eigenvalue weighted by molar-refractivity contribution is 7.14. The van der Waals surface area contributed by atoms with E-state index in [2.05, 4.69) is 5.32 Å². The Morgan fingerprint density at radius 2 is 2.11 bits per heavy atom. The topological polar surface area (TPSA) is 81.7 Å². The number of thiophene rings is 1. The molecule has 0 bridgehead atoms. The van der Waals surface area contributed by atoms with Gasteiger partial charge in [-0.2, -0.15) is 0 Å². The third-order valence-corrected chi connectivity index (χ3v) is 5.42. The molecule has 0 radical (unpaired) electrons. The Hall–Kier alpha value is -2.38. The van der Waals surface area contributed by atoms with Crippen LogP contribution in [0.3, 0.4) is 0 Å². The second kappa shape index (κ2) is 8.54. The van der Waals surface area contributed by atoms with E-state index in [4.69, 9.17) is 21.1 Å². The molecule has 1 aromatic carbocycles. The van der Waals surface area contributed by atoms with Crippen molar-refractivity contribution < 1.29 is 23.9 Å². The molecule has 0 saturated heterocycles. The van der Waals surface area contributed by atoms with Crippen LogP contribution >= 0.6 is 22.9 Å². The highest BCUT2D eigenvalue weighted by atomic mass is 35.5. The lowest BCUT2D eigenvalue weighted by Crippen LogP contribution is -2.30. The summed E-state index contributed by atoms with van der Waals surface area (Å²) in [5.74, 6) is -0.637. The SMILES string of the molecule is CC(=O)NCc1ccc(C(=O)COC(=O)[C@H]2COc3ccc(Cl)cc3C2)s1. The van der Waals surface area contributed by atoms with Gasteiger partial charge in [0, 0.05) is 16.8 Å². The zero-order valence-electron chi connectivity index (χ0n) is 14.6. The number of amides is 1. The Bertz CT molecular complexity index is 879. The second-order valence-electron chi connectivity index (χ2n) is 6.17. The summed E-state index contributed by atoms with van der Waals surface area (Å²) in [5.41, 5.74) is 0.850. The van der Waals surface area contributed by atoms with Crippen LogP contribution in [-0.2, 0) is 27.3 Å². The Morgan fingerprint density at radius 1 is 1.30 bits per heavy atom. The van der Waals surface area contributed by atoms with Crippen LogP contribution in [0.15, 0.2) is 30.3 Å². The monoisotopic (exact) mass is 407 g/mol. The van der Waals surface area contributed by atoms with Gasteiger partial charge in [0.15, 0.2) is 6.61 Å². The van der Waals surface area contributed by atoms with Gasteiger partial charge in [0.05, 0.1) is 17.3 Å². The molecule has 2 heterocycles. The lowest BCUT2D eigenvalue weighted by atomic mass is 9.97. The summed E-state index contributed by atoms with van der Waals surface area (Å²) < 4.78 is 10.8. The van der Waals surface area contributed by atoms with E-state index in [1.54, 1.807) is 30.3 Å². The molecule has 1 aromatic heterocycles. The van der Waals surface area contributed by atoms with Gasteiger partial charge in [0.1, 0.15) is 12.4 Å². The number of fused-ring (bicyclic) bond motifs is 1. The van der Waals surface area contributed by atoms with Crippen LogP contribution in [0.25, 0.3) is 0 Å². The number of hydrogen-bond donors (Lipinski definition) is 1. The number of Topliss-reactive ketones (excluding diaryl/α,β-unsaturated/α-hetero) is 1. The first-order valence-electron chi connectivity index (χ1n) is 8.36. The number of rotatable bonds is 6. The van der Waals surface area contributed by atoms with Gasteiger partial charge in [0.2, 0.25) is 11.7 Å². The minimum atomic E-state index is -0.470. The predicted octanol–water partition coefficient (Wildman–Crippen LogP) is 3.01. The maximum atomic E-state index is 12.3. The first kappa shape index (κ1) is 19.4. The van der Waals surface area contributed by atoms with Crippen molar-refractivity contribution in [3.05, 3.63) is 50.7 Å². The van der Waals surface area contributed by atoms with Crippen molar-refractivity contribution in [1.29, 1.82) is 0 Å². The number of nitrogens with one attached hydrogen (secondary N) is 1. The molecule has 1 N–H and O–H groups in total. The van der Waals surface area contributed by atoms with Gasteiger partial charge in [-0.1, -0.05) is 11.6 Å². The first-order chi connectivity index (χ1) is 12.9. The molecular formula is C19H18ClNO5S. The van der Waals surface area contributed by atoms with E-state index >= 15 is 0 Å². The molecule has 1 aliphatic rings. The number of esters is 1. The van der Waals surface area contributed by atoms with E-state index in [0.717, 1.165) is 10.4 Å². The lowest BCUT2D eigenvalue weighted by Gasteiger charge is -2.24. The number of hydrogen-bond acceptors (Lipinski definition) is 6. The molecule has 3 rings (SSSR count). The van der Waals surface area contributed by atoms with Crippen LogP contribution in [0.5, 0.6) is 5.75 Å². The van der Waals surface area contributed by atoms with Crippen LogP contribution in [0.1, 0.15) is 27.0 Å². The maximum Gasteiger partial charge on any atom is 0.313 e. The van der Waals surface area contributed by atoms with Gasteiger partial charge in [-0.3, -0.25) is 14.4 Å². The van der Waals surface area contributed by atoms with Crippen molar-refractivity contribution in [2.45, 2.75) is 19.9 Å². The van der Waals surface area contributed by atoms with Gasteiger partial charge >= 0.3 is 5.97 Å². The average Bonchev–Trinajstić information content (AvgIpc) is 3.12. The summed E-state index contributed by atoms with van der Waals surface area (Å²) in [4.78, 5) is 36.8. The molecule has 0 saturated carbocycles. The van der Waals surface area contributed by atoms with Crippen molar-refractivity contribution in [2.75, 3.05) is 13.2 Å². The van der Waals surface area contributed by atoms with E-state index in [0.29, 0.717) is 28.6 Å². The molecule has 1 aliphatic heterocycles. The number of benzene rings is 1. The molecule has 27 heavy (non-hydrogen) atoms. The van der Waals surface area contributed by atoms with Gasteiger partial charge in [-0.05, 0) is 42.3 Å². The van der Waals surface area contributed by atoms with Crippen LogP contribution in [0, 0.1) is 5.92 Å². The summed E-state index contributed by atoms with van der Waals surface area (Å²) >= 11 is 7.25. The molecular weight excluding hydrogens is 390 g/mol. The fourth-order valence-electron chi connectivity index (χ4n) is 2.67. The van der Waals surface area contributed by atoms with E-state index in [1.165, 1.54) is 18.3 Å². The van der Waals surface area contributed by atoms with Crippen molar-refractivity contribution in [3.63, 3.8) is 0 Å². The number of ketones is 1. The largest absolute Gasteiger partial charge is 0.492 e. The molecule has 6 nitrogen and oxygen atoms in total. The zero-order chi connectivity index (χ0) is 19.4. The maximum absolute atomic E-state index is 12.3. The Balaban J connectivity index is 1.52. The van der Waals surface area contributed by atoms with E-state index in [1.807, 2.05) is 0 Å². The average molecular weight is 408 g/mol. The summed E-state index contributed by atoms with van der Waals surface area (Å²) in [6.07, 6.45) is 0.461. The molecule has 2 aromatic rings. The van der Waals surface area contributed by atoms with E-state index in [-0.39, 0.29) is 24.9 Å². The lowest BCUT2D eigenvalue weighted by molar-refractivity contribution is -0.148.